The maximum absolute atomic E-state index is 5.88. The predicted octanol–water partition coefficient (Wildman–Crippen LogP) is 3.17. The molecule has 0 saturated carbocycles. The van der Waals surface area contributed by atoms with Gasteiger partial charge in [0.25, 0.3) is 0 Å². The summed E-state index contributed by atoms with van der Waals surface area (Å²) in [5, 5.41) is 4.54. The van der Waals surface area contributed by atoms with Crippen LogP contribution < -0.4 is 5.32 Å². The van der Waals surface area contributed by atoms with Gasteiger partial charge in [-0.3, -0.25) is 0 Å². The predicted molar refractivity (Wildman–Crippen MR) is 80.7 cm³/mol. The number of thiophene rings is 1. The summed E-state index contributed by atoms with van der Waals surface area (Å²) in [6, 6.07) is 8.51. The molecule has 0 spiro atoms. The highest BCUT2D eigenvalue weighted by Gasteiger charge is 2.12. The molecule has 4 heteroatoms. The zero-order valence-electron chi connectivity index (χ0n) is 11.7. The zero-order chi connectivity index (χ0) is 13.7. The summed E-state index contributed by atoms with van der Waals surface area (Å²) in [6.45, 7) is 4.20. The van der Waals surface area contributed by atoms with Gasteiger partial charge in [-0.1, -0.05) is 18.2 Å². The van der Waals surface area contributed by atoms with Crippen LogP contribution in [0.15, 0.2) is 24.3 Å². The van der Waals surface area contributed by atoms with Crippen LogP contribution in [-0.2, 0) is 22.6 Å². The molecular formula is C15H21NO2S. The maximum atomic E-state index is 5.88. The second-order valence-electron chi connectivity index (χ2n) is 4.61. The highest BCUT2D eigenvalue weighted by Crippen LogP contribution is 2.32. The number of fused-ring (bicyclic) bond motifs is 1. The molecule has 2 rings (SSSR count). The fourth-order valence-corrected chi connectivity index (χ4v) is 3.34. The van der Waals surface area contributed by atoms with Gasteiger partial charge >= 0.3 is 0 Å². The molecular weight excluding hydrogens is 258 g/mol. The molecule has 2 aromatic rings. The summed E-state index contributed by atoms with van der Waals surface area (Å²) < 4.78 is 12.3. The minimum atomic E-state index is 0.117. The van der Waals surface area contributed by atoms with E-state index < -0.39 is 0 Å². The lowest BCUT2D eigenvalue weighted by Gasteiger charge is -2.12. The molecule has 3 nitrogen and oxygen atoms in total. The maximum Gasteiger partial charge on any atom is 0.0784 e. The van der Waals surface area contributed by atoms with Crippen molar-refractivity contribution in [2.24, 2.45) is 0 Å². The van der Waals surface area contributed by atoms with Gasteiger partial charge in [-0.05, 0) is 25.4 Å². The summed E-state index contributed by atoms with van der Waals surface area (Å²) >= 11 is 1.84. The number of rotatable bonds is 7. The molecule has 0 aliphatic carbocycles. The van der Waals surface area contributed by atoms with Crippen LogP contribution in [0.5, 0.6) is 0 Å². The van der Waals surface area contributed by atoms with Gasteiger partial charge in [-0.2, -0.15) is 0 Å². The first kappa shape index (κ1) is 14.5. The second-order valence-corrected chi connectivity index (χ2v) is 5.74. The Morgan fingerprint density at radius 3 is 2.84 bits per heavy atom. The van der Waals surface area contributed by atoms with Crippen molar-refractivity contribution in [2.75, 3.05) is 20.8 Å². The van der Waals surface area contributed by atoms with E-state index in [1.807, 2.05) is 25.3 Å². The van der Waals surface area contributed by atoms with Crippen molar-refractivity contribution in [2.45, 2.75) is 26.2 Å². The molecule has 0 fully saturated rings. The monoisotopic (exact) mass is 279 g/mol. The van der Waals surface area contributed by atoms with E-state index in [9.17, 15) is 0 Å². The Balaban J connectivity index is 2.21. The Kier molecular flexibility index (Phi) is 5.34. The standard InChI is InChI=1S/C15H21NO2S/c1-11(9-17-3)18-10-13-12-6-4-5-7-14(12)19-15(13)8-16-2/h4-7,11,16H,8-10H2,1-3H3. The summed E-state index contributed by atoms with van der Waals surface area (Å²) in [4.78, 5) is 1.35. The third-order valence-electron chi connectivity index (χ3n) is 3.03. The Hall–Kier alpha value is -0.940. The van der Waals surface area contributed by atoms with Crippen LogP contribution in [-0.4, -0.2) is 26.9 Å². The van der Waals surface area contributed by atoms with Crippen molar-refractivity contribution in [1.82, 2.24) is 5.32 Å². The number of nitrogens with one attached hydrogen (secondary N) is 1. The Morgan fingerprint density at radius 1 is 1.32 bits per heavy atom. The fraction of sp³-hybridized carbons (Fsp3) is 0.467. The summed E-state index contributed by atoms with van der Waals surface area (Å²) in [7, 11) is 3.68. The van der Waals surface area contributed by atoms with E-state index >= 15 is 0 Å². The van der Waals surface area contributed by atoms with E-state index in [4.69, 9.17) is 9.47 Å². The van der Waals surface area contributed by atoms with E-state index in [0.717, 1.165) is 6.54 Å². The Labute approximate surface area is 118 Å². The van der Waals surface area contributed by atoms with E-state index in [0.29, 0.717) is 13.2 Å². The van der Waals surface area contributed by atoms with Crippen LogP contribution in [0.3, 0.4) is 0 Å². The SMILES string of the molecule is CNCc1sc2ccccc2c1COC(C)COC. The van der Waals surface area contributed by atoms with Crippen molar-refractivity contribution in [1.29, 1.82) is 0 Å². The molecule has 104 valence electrons. The normalized spacial score (nSPS) is 13.0. The minimum absolute atomic E-state index is 0.117. The molecule has 0 aliphatic rings. The topological polar surface area (TPSA) is 30.5 Å². The first-order valence-corrected chi connectivity index (χ1v) is 7.32. The van der Waals surface area contributed by atoms with Crippen molar-refractivity contribution in [3.05, 3.63) is 34.7 Å². The van der Waals surface area contributed by atoms with Crippen molar-refractivity contribution < 1.29 is 9.47 Å². The average Bonchev–Trinajstić information content (AvgIpc) is 2.75. The minimum Gasteiger partial charge on any atom is -0.382 e. The van der Waals surface area contributed by atoms with E-state index in [-0.39, 0.29) is 6.10 Å². The second kappa shape index (κ2) is 7.01. The lowest BCUT2D eigenvalue weighted by atomic mass is 10.1. The molecule has 0 bridgehead atoms. The zero-order valence-corrected chi connectivity index (χ0v) is 12.5. The summed E-state index contributed by atoms with van der Waals surface area (Å²) in [5.41, 5.74) is 1.30. The van der Waals surface area contributed by atoms with E-state index in [1.54, 1.807) is 7.11 Å². The Bertz CT molecular complexity index is 524. The highest BCUT2D eigenvalue weighted by atomic mass is 32.1. The van der Waals surface area contributed by atoms with Gasteiger partial charge in [0.1, 0.15) is 0 Å². The fourth-order valence-electron chi connectivity index (χ4n) is 2.12. The molecule has 0 saturated heterocycles. The molecule has 1 heterocycles. The van der Waals surface area contributed by atoms with Crippen LogP contribution in [0.1, 0.15) is 17.4 Å². The number of benzene rings is 1. The number of ether oxygens (including phenoxy) is 2. The first-order chi connectivity index (χ1) is 9.26. The molecule has 19 heavy (non-hydrogen) atoms. The van der Waals surface area contributed by atoms with Crippen molar-refractivity contribution >= 4 is 21.4 Å². The van der Waals surface area contributed by atoms with Crippen LogP contribution in [0.25, 0.3) is 10.1 Å². The lowest BCUT2D eigenvalue weighted by molar-refractivity contribution is 0.000167. The number of hydrogen-bond donors (Lipinski definition) is 1. The smallest absolute Gasteiger partial charge is 0.0784 e. The van der Waals surface area contributed by atoms with Gasteiger partial charge in [-0.25, -0.2) is 0 Å². The molecule has 0 radical (unpaired) electrons. The third-order valence-corrected chi connectivity index (χ3v) is 4.25. The highest BCUT2D eigenvalue weighted by molar-refractivity contribution is 7.19. The first-order valence-electron chi connectivity index (χ1n) is 6.50. The van der Waals surface area contributed by atoms with E-state index in [2.05, 4.69) is 29.6 Å². The molecule has 1 unspecified atom stereocenters. The van der Waals surface area contributed by atoms with Gasteiger partial charge in [0, 0.05) is 28.8 Å². The third kappa shape index (κ3) is 3.54. The van der Waals surface area contributed by atoms with Gasteiger partial charge in [-0.15, -0.1) is 11.3 Å². The molecule has 1 atom stereocenters. The molecule has 1 N–H and O–H groups in total. The van der Waals surface area contributed by atoms with Gasteiger partial charge in [0.05, 0.1) is 19.3 Å². The summed E-state index contributed by atoms with van der Waals surface area (Å²) in [5.74, 6) is 0. The van der Waals surface area contributed by atoms with Crippen LogP contribution in [0.4, 0.5) is 0 Å². The van der Waals surface area contributed by atoms with Gasteiger partial charge in [0.2, 0.25) is 0 Å². The quantitative estimate of drug-likeness (QED) is 0.844. The molecule has 0 aliphatic heterocycles. The number of methoxy groups -OCH3 is 1. The van der Waals surface area contributed by atoms with Crippen LogP contribution in [0, 0.1) is 0 Å². The van der Waals surface area contributed by atoms with Crippen molar-refractivity contribution in [3.8, 4) is 0 Å². The van der Waals surface area contributed by atoms with Gasteiger partial charge < -0.3 is 14.8 Å². The number of hydrogen-bond acceptors (Lipinski definition) is 4. The molecule has 1 aromatic heterocycles. The Morgan fingerprint density at radius 2 is 2.11 bits per heavy atom. The van der Waals surface area contributed by atoms with Crippen LogP contribution >= 0.6 is 11.3 Å². The summed E-state index contributed by atoms with van der Waals surface area (Å²) in [6.07, 6.45) is 0.117. The molecule has 0 amide bonds. The largest absolute Gasteiger partial charge is 0.382 e. The lowest BCUT2D eigenvalue weighted by Crippen LogP contribution is -2.15. The van der Waals surface area contributed by atoms with Crippen LogP contribution in [0.2, 0.25) is 0 Å². The van der Waals surface area contributed by atoms with Crippen molar-refractivity contribution in [3.63, 3.8) is 0 Å². The average molecular weight is 279 g/mol. The van der Waals surface area contributed by atoms with Gasteiger partial charge in [0.15, 0.2) is 0 Å². The van der Waals surface area contributed by atoms with E-state index in [1.165, 1.54) is 20.5 Å². The molecule has 1 aromatic carbocycles.